The first-order valence-corrected chi connectivity index (χ1v) is 7.83. The first-order valence-electron chi connectivity index (χ1n) is 7.83. The fourth-order valence-electron chi connectivity index (χ4n) is 3.23. The van der Waals surface area contributed by atoms with Gasteiger partial charge in [-0.15, -0.1) is 0 Å². The van der Waals surface area contributed by atoms with Gasteiger partial charge in [-0.3, -0.25) is 4.79 Å². The first-order chi connectivity index (χ1) is 11.5. The van der Waals surface area contributed by atoms with E-state index < -0.39 is 6.61 Å². The summed E-state index contributed by atoms with van der Waals surface area (Å²) in [6, 6.07) is 6.09. The lowest BCUT2D eigenvalue weighted by Crippen LogP contribution is -2.45. The summed E-state index contributed by atoms with van der Waals surface area (Å²) >= 11 is 0. The first kappa shape index (κ1) is 16.6. The molecule has 2 aromatic rings. The molecule has 1 aromatic carbocycles. The maximum absolute atomic E-state index is 14.1. The van der Waals surface area contributed by atoms with E-state index in [4.69, 9.17) is 4.74 Å². The van der Waals surface area contributed by atoms with Gasteiger partial charge in [0.05, 0.1) is 24.9 Å². The third-order valence-electron chi connectivity index (χ3n) is 4.35. The molecule has 1 aromatic heterocycles. The second-order valence-electron chi connectivity index (χ2n) is 5.78. The number of amides is 1. The van der Waals surface area contributed by atoms with E-state index in [1.54, 1.807) is 27.8 Å². The van der Waals surface area contributed by atoms with Crippen LogP contribution in [-0.4, -0.2) is 52.1 Å². The Hall–Kier alpha value is -2.25. The third-order valence-corrected chi connectivity index (χ3v) is 4.35. The molecule has 0 bridgehead atoms. The van der Waals surface area contributed by atoms with Crippen molar-refractivity contribution in [3.63, 3.8) is 0 Å². The highest BCUT2D eigenvalue weighted by molar-refractivity contribution is 5.78. The molecule has 0 aliphatic carbocycles. The Morgan fingerprint density at radius 1 is 1.42 bits per heavy atom. The Labute approximate surface area is 139 Å². The standard InChI is InChI=1S/C17H20FN3O3/c1-11-17(15-10-24-8-7-20(15)16(23)9-22)12(2)21(19-11)14-6-4-3-5-13(14)18/h3-6,15,22H,7-10H2,1-2H3/t15-/m1/s1. The van der Waals surface area contributed by atoms with Crippen LogP contribution in [0, 0.1) is 19.7 Å². The molecule has 6 nitrogen and oxygen atoms in total. The normalized spacial score (nSPS) is 18.0. The average molecular weight is 333 g/mol. The molecule has 0 radical (unpaired) electrons. The Morgan fingerprint density at radius 2 is 2.17 bits per heavy atom. The van der Waals surface area contributed by atoms with Gasteiger partial charge in [-0.25, -0.2) is 9.07 Å². The highest BCUT2D eigenvalue weighted by Gasteiger charge is 2.32. The molecule has 2 heterocycles. The van der Waals surface area contributed by atoms with Crippen LogP contribution in [0.5, 0.6) is 0 Å². The van der Waals surface area contributed by atoms with Gasteiger partial charge < -0.3 is 14.7 Å². The minimum Gasteiger partial charge on any atom is -0.387 e. The van der Waals surface area contributed by atoms with Crippen molar-refractivity contribution in [2.24, 2.45) is 0 Å². The van der Waals surface area contributed by atoms with Gasteiger partial charge in [0, 0.05) is 17.8 Å². The van der Waals surface area contributed by atoms with Crippen LogP contribution in [0.3, 0.4) is 0 Å². The van der Waals surface area contributed by atoms with E-state index in [9.17, 15) is 14.3 Å². The Balaban J connectivity index is 2.05. The zero-order valence-electron chi connectivity index (χ0n) is 13.7. The van der Waals surface area contributed by atoms with Crippen molar-refractivity contribution < 1.29 is 19.0 Å². The van der Waals surface area contributed by atoms with Gasteiger partial charge >= 0.3 is 0 Å². The molecule has 1 aliphatic rings. The summed E-state index contributed by atoms with van der Waals surface area (Å²) in [5.74, 6) is -0.710. The van der Waals surface area contributed by atoms with Gasteiger partial charge in [0.2, 0.25) is 5.91 Å². The molecule has 1 saturated heterocycles. The molecule has 1 amide bonds. The van der Waals surface area contributed by atoms with E-state index in [2.05, 4.69) is 5.10 Å². The van der Waals surface area contributed by atoms with Crippen LogP contribution in [0.2, 0.25) is 0 Å². The van der Waals surface area contributed by atoms with Crippen molar-refractivity contribution in [2.75, 3.05) is 26.4 Å². The van der Waals surface area contributed by atoms with Crippen molar-refractivity contribution >= 4 is 5.91 Å². The summed E-state index contributed by atoms with van der Waals surface area (Å²) in [7, 11) is 0. The molecule has 1 aliphatic heterocycles. The van der Waals surface area contributed by atoms with E-state index in [1.807, 2.05) is 13.8 Å². The number of benzene rings is 1. The fourth-order valence-corrected chi connectivity index (χ4v) is 3.23. The van der Waals surface area contributed by atoms with Crippen LogP contribution < -0.4 is 0 Å². The molecular weight excluding hydrogens is 313 g/mol. The smallest absolute Gasteiger partial charge is 0.248 e. The minimum atomic E-state index is -0.546. The number of carbonyl (C=O) groups excluding carboxylic acids is 1. The number of rotatable bonds is 3. The van der Waals surface area contributed by atoms with Crippen LogP contribution in [0.25, 0.3) is 5.69 Å². The number of nitrogens with zero attached hydrogens (tertiary/aromatic N) is 3. The summed E-state index contributed by atoms with van der Waals surface area (Å²) in [5.41, 5.74) is 2.66. The van der Waals surface area contributed by atoms with Crippen molar-refractivity contribution in [3.8, 4) is 5.69 Å². The lowest BCUT2D eigenvalue weighted by Gasteiger charge is -2.35. The van der Waals surface area contributed by atoms with Crippen LogP contribution in [0.15, 0.2) is 24.3 Å². The Kier molecular flexibility index (Phi) is 4.64. The number of ether oxygens (including phenoxy) is 1. The fraction of sp³-hybridized carbons (Fsp3) is 0.412. The number of halogens is 1. The number of hydrogen-bond donors (Lipinski definition) is 1. The number of para-hydroxylation sites is 1. The lowest BCUT2D eigenvalue weighted by atomic mass is 10.0. The lowest BCUT2D eigenvalue weighted by molar-refractivity contribution is -0.143. The molecule has 1 atom stereocenters. The number of morpholine rings is 1. The number of carbonyl (C=O) groups is 1. The summed E-state index contributed by atoms with van der Waals surface area (Å²) in [5, 5.41) is 13.7. The Morgan fingerprint density at radius 3 is 2.88 bits per heavy atom. The van der Waals surface area contributed by atoms with Crippen LogP contribution >= 0.6 is 0 Å². The molecule has 3 rings (SSSR count). The second kappa shape index (κ2) is 6.70. The summed E-state index contributed by atoms with van der Waals surface area (Å²) < 4.78 is 21.2. The van der Waals surface area contributed by atoms with Gasteiger partial charge in [-0.05, 0) is 26.0 Å². The molecule has 1 fully saturated rings. The van der Waals surface area contributed by atoms with Crippen molar-refractivity contribution in [3.05, 3.63) is 47.0 Å². The molecular formula is C17H20FN3O3. The number of aliphatic hydroxyl groups is 1. The van der Waals surface area contributed by atoms with Gasteiger partial charge in [0.25, 0.3) is 0 Å². The van der Waals surface area contributed by atoms with E-state index in [-0.39, 0.29) is 17.8 Å². The second-order valence-corrected chi connectivity index (χ2v) is 5.78. The topological polar surface area (TPSA) is 67.6 Å². The molecule has 0 spiro atoms. The molecule has 1 N–H and O–H groups in total. The van der Waals surface area contributed by atoms with Crippen LogP contribution in [-0.2, 0) is 9.53 Å². The van der Waals surface area contributed by atoms with Gasteiger partial charge in [0.15, 0.2) is 0 Å². The van der Waals surface area contributed by atoms with Gasteiger partial charge in [0.1, 0.15) is 18.1 Å². The zero-order chi connectivity index (χ0) is 17.3. The van der Waals surface area contributed by atoms with E-state index >= 15 is 0 Å². The number of aryl methyl sites for hydroxylation is 1. The third kappa shape index (κ3) is 2.81. The average Bonchev–Trinajstić information content (AvgIpc) is 2.89. The quantitative estimate of drug-likeness (QED) is 0.925. The largest absolute Gasteiger partial charge is 0.387 e. The number of aromatic nitrogens is 2. The molecule has 0 saturated carbocycles. The SMILES string of the molecule is Cc1nn(-c2ccccc2F)c(C)c1[C@H]1COCCN1C(=O)CO. The molecule has 128 valence electrons. The van der Waals surface area contributed by atoms with Crippen molar-refractivity contribution in [1.29, 1.82) is 0 Å². The summed E-state index contributed by atoms with van der Waals surface area (Å²) in [6.07, 6.45) is 0. The Bertz CT molecular complexity index is 760. The summed E-state index contributed by atoms with van der Waals surface area (Å²) in [4.78, 5) is 13.6. The maximum Gasteiger partial charge on any atom is 0.248 e. The van der Waals surface area contributed by atoms with Crippen LogP contribution in [0.1, 0.15) is 23.0 Å². The number of hydrogen-bond acceptors (Lipinski definition) is 4. The van der Waals surface area contributed by atoms with Gasteiger partial charge in [-0.1, -0.05) is 12.1 Å². The monoisotopic (exact) mass is 333 g/mol. The van der Waals surface area contributed by atoms with Crippen molar-refractivity contribution in [1.82, 2.24) is 14.7 Å². The zero-order valence-corrected chi connectivity index (χ0v) is 13.7. The highest BCUT2D eigenvalue weighted by atomic mass is 19.1. The number of aliphatic hydroxyl groups excluding tert-OH is 1. The van der Waals surface area contributed by atoms with Crippen molar-refractivity contribution in [2.45, 2.75) is 19.9 Å². The predicted molar refractivity (Wildman–Crippen MR) is 85.4 cm³/mol. The summed E-state index contributed by atoms with van der Waals surface area (Å²) in [6.45, 7) is 4.30. The molecule has 24 heavy (non-hydrogen) atoms. The highest BCUT2D eigenvalue weighted by Crippen LogP contribution is 2.31. The van der Waals surface area contributed by atoms with E-state index in [0.29, 0.717) is 31.1 Å². The predicted octanol–water partition coefficient (Wildman–Crippen LogP) is 1.52. The minimum absolute atomic E-state index is 0.330. The molecule has 0 unspecified atom stereocenters. The molecule has 7 heteroatoms. The van der Waals surface area contributed by atoms with E-state index in [1.165, 1.54) is 6.07 Å². The maximum atomic E-state index is 14.1. The van der Waals surface area contributed by atoms with Gasteiger partial charge in [-0.2, -0.15) is 5.10 Å². The van der Waals surface area contributed by atoms with E-state index in [0.717, 1.165) is 11.3 Å². The van der Waals surface area contributed by atoms with Crippen LogP contribution in [0.4, 0.5) is 4.39 Å².